The van der Waals surface area contributed by atoms with E-state index in [-0.39, 0.29) is 17.6 Å². The third-order valence-corrected chi connectivity index (χ3v) is 2.44. The predicted octanol–water partition coefficient (Wildman–Crippen LogP) is 3.10. The summed E-state index contributed by atoms with van der Waals surface area (Å²) in [5.74, 6) is -0.117. The van der Waals surface area contributed by atoms with E-state index >= 15 is 0 Å². The zero-order chi connectivity index (χ0) is 12.3. The maximum Gasteiger partial charge on any atom is 0.141 e. The zero-order valence-electron chi connectivity index (χ0n) is 9.39. The van der Waals surface area contributed by atoms with Crippen LogP contribution in [0, 0.1) is 5.82 Å². The molecular formula is C13H13FN2O. The highest BCUT2D eigenvalue weighted by Gasteiger charge is 2.06. The van der Waals surface area contributed by atoms with Crippen LogP contribution in [0.3, 0.4) is 0 Å². The molecular weight excluding hydrogens is 219 g/mol. The number of aromatic nitrogens is 1. The number of rotatable bonds is 3. The highest BCUT2D eigenvalue weighted by atomic mass is 19.1. The average Bonchev–Trinajstić information content (AvgIpc) is 2.33. The van der Waals surface area contributed by atoms with Crippen LogP contribution in [0.4, 0.5) is 10.1 Å². The quantitative estimate of drug-likeness (QED) is 0.799. The van der Waals surface area contributed by atoms with Crippen molar-refractivity contribution >= 4 is 5.69 Å². The molecule has 0 spiro atoms. The van der Waals surface area contributed by atoms with Crippen molar-refractivity contribution in [3.8, 4) is 5.75 Å². The number of anilines is 1. The molecule has 1 unspecified atom stereocenters. The van der Waals surface area contributed by atoms with E-state index in [0.29, 0.717) is 0 Å². The maximum absolute atomic E-state index is 12.7. The van der Waals surface area contributed by atoms with Crippen molar-refractivity contribution in [1.82, 2.24) is 4.98 Å². The highest BCUT2D eigenvalue weighted by molar-refractivity contribution is 5.47. The lowest BCUT2D eigenvalue weighted by atomic mass is 10.2. The van der Waals surface area contributed by atoms with Crippen molar-refractivity contribution in [2.24, 2.45) is 0 Å². The summed E-state index contributed by atoms with van der Waals surface area (Å²) >= 11 is 0. The van der Waals surface area contributed by atoms with Gasteiger partial charge < -0.3 is 10.4 Å². The number of nitrogens with zero attached hydrogens (tertiary/aromatic N) is 1. The number of halogens is 1. The summed E-state index contributed by atoms with van der Waals surface area (Å²) in [4.78, 5) is 4.01. The molecule has 1 heterocycles. The Hall–Kier alpha value is -2.10. The first-order valence-electron chi connectivity index (χ1n) is 5.32. The third kappa shape index (κ3) is 2.93. The largest absolute Gasteiger partial charge is 0.508 e. The Balaban J connectivity index is 2.08. The van der Waals surface area contributed by atoms with Crippen LogP contribution < -0.4 is 5.32 Å². The van der Waals surface area contributed by atoms with Gasteiger partial charge in [0.15, 0.2) is 0 Å². The van der Waals surface area contributed by atoms with Gasteiger partial charge in [-0.3, -0.25) is 4.98 Å². The SMILES string of the molecule is CC(Nc1ccc(O)cc1)c1ccc(F)cn1. The molecule has 0 aliphatic carbocycles. The van der Waals surface area contributed by atoms with Gasteiger partial charge in [0, 0.05) is 5.69 Å². The first kappa shape index (κ1) is 11.4. The molecule has 0 radical (unpaired) electrons. The number of hydrogen-bond donors (Lipinski definition) is 2. The lowest BCUT2D eigenvalue weighted by molar-refractivity contribution is 0.475. The summed E-state index contributed by atoms with van der Waals surface area (Å²) in [5.41, 5.74) is 1.64. The van der Waals surface area contributed by atoms with Crippen LogP contribution in [0.25, 0.3) is 0 Å². The topological polar surface area (TPSA) is 45.1 Å². The Morgan fingerprint density at radius 1 is 1.18 bits per heavy atom. The second-order valence-corrected chi connectivity index (χ2v) is 3.81. The van der Waals surface area contributed by atoms with Crippen LogP contribution in [0.1, 0.15) is 18.7 Å². The second-order valence-electron chi connectivity index (χ2n) is 3.81. The highest BCUT2D eigenvalue weighted by Crippen LogP contribution is 2.19. The van der Waals surface area contributed by atoms with Crippen molar-refractivity contribution < 1.29 is 9.50 Å². The molecule has 17 heavy (non-hydrogen) atoms. The molecule has 0 fully saturated rings. The Morgan fingerprint density at radius 3 is 2.47 bits per heavy atom. The molecule has 2 aromatic rings. The molecule has 0 aliphatic heterocycles. The fourth-order valence-electron chi connectivity index (χ4n) is 1.52. The first-order chi connectivity index (χ1) is 8.15. The molecule has 0 bridgehead atoms. The summed E-state index contributed by atoms with van der Waals surface area (Å²) in [6.07, 6.45) is 1.20. The van der Waals surface area contributed by atoms with Gasteiger partial charge in [-0.2, -0.15) is 0 Å². The monoisotopic (exact) mass is 232 g/mol. The van der Waals surface area contributed by atoms with Crippen molar-refractivity contribution in [3.05, 3.63) is 54.1 Å². The Labute approximate surface area is 98.9 Å². The van der Waals surface area contributed by atoms with Crippen LogP contribution in [0.5, 0.6) is 5.75 Å². The standard InChI is InChI=1S/C13H13FN2O/c1-9(13-7-2-10(14)8-15-13)16-11-3-5-12(17)6-4-11/h2-9,16-17H,1H3. The van der Waals surface area contributed by atoms with E-state index < -0.39 is 0 Å². The van der Waals surface area contributed by atoms with Gasteiger partial charge in [0.1, 0.15) is 11.6 Å². The van der Waals surface area contributed by atoms with E-state index in [2.05, 4.69) is 10.3 Å². The number of hydrogen-bond acceptors (Lipinski definition) is 3. The molecule has 1 atom stereocenters. The number of phenols is 1. The van der Waals surface area contributed by atoms with Gasteiger partial charge in [-0.25, -0.2) is 4.39 Å². The smallest absolute Gasteiger partial charge is 0.141 e. The molecule has 3 nitrogen and oxygen atoms in total. The van der Waals surface area contributed by atoms with E-state index in [1.165, 1.54) is 12.3 Å². The molecule has 4 heteroatoms. The predicted molar refractivity (Wildman–Crippen MR) is 64.3 cm³/mol. The van der Waals surface area contributed by atoms with Crippen LogP contribution in [-0.2, 0) is 0 Å². The van der Waals surface area contributed by atoms with Crippen molar-refractivity contribution in [1.29, 1.82) is 0 Å². The van der Waals surface area contributed by atoms with Gasteiger partial charge in [0.2, 0.25) is 0 Å². The summed E-state index contributed by atoms with van der Waals surface area (Å²) in [5, 5.41) is 12.4. The molecule has 2 rings (SSSR count). The number of nitrogens with one attached hydrogen (secondary N) is 1. The molecule has 0 aliphatic rings. The normalized spacial score (nSPS) is 12.1. The van der Waals surface area contributed by atoms with Gasteiger partial charge in [0.25, 0.3) is 0 Å². The van der Waals surface area contributed by atoms with E-state index in [4.69, 9.17) is 5.11 Å². The number of aromatic hydroxyl groups is 1. The lowest BCUT2D eigenvalue weighted by Gasteiger charge is -2.14. The summed E-state index contributed by atoms with van der Waals surface area (Å²) in [7, 11) is 0. The second kappa shape index (κ2) is 4.82. The molecule has 1 aromatic carbocycles. The number of benzene rings is 1. The van der Waals surface area contributed by atoms with E-state index in [9.17, 15) is 4.39 Å². The Bertz CT molecular complexity index is 482. The van der Waals surface area contributed by atoms with Crippen LogP contribution in [-0.4, -0.2) is 10.1 Å². The van der Waals surface area contributed by atoms with Crippen LogP contribution in [0.15, 0.2) is 42.6 Å². The van der Waals surface area contributed by atoms with Crippen molar-refractivity contribution in [2.45, 2.75) is 13.0 Å². The minimum Gasteiger partial charge on any atom is -0.508 e. The molecule has 0 saturated heterocycles. The summed E-state index contributed by atoms with van der Waals surface area (Å²) in [6, 6.07) is 9.76. The maximum atomic E-state index is 12.7. The molecule has 2 N–H and O–H groups in total. The molecule has 1 aromatic heterocycles. The number of pyridine rings is 1. The van der Waals surface area contributed by atoms with E-state index in [1.807, 2.05) is 6.92 Å². The first-order valence-corrected chi connectivity index (χ1v) is 5.32. The average molecular weight is 232 g/mol. The fraction of sp³-hybridized carbons (Fsp3) is 0.154. The Morgan fingerprint density at radius 2 is 1.88 bits per heavy atom. The summed E-state index contributed by atoms with van der Waals surface area (Å²) in [6.45, 7) is 1.94. The molecule has 88 valence electrons. The minimum atomic E-state index is -0.342. The van der Waals surface area contributed by atoms with Crippen LogP contribution >= 0.6 is 0 Å². The fourth-order valence-corrected chi connectivity index (χ4v) is 1.52. The van der Waals surface area contributed by atoms with Crippen LogP contribution in [0.2, 0.25) is 0 Å². The number of phenolic OH excluding ortho intramolecular Hbond substituents is 1. The van der Waals surface area contributed by atoms with Gasteiger partial charge >= 0.3 is 0 Å². The molecule has 0 saturated carbocycles. The lowest BCUT2D eigenvalue weighted by Crippen LogP contribution is -2.08. The summed E-state index contributed by atoms with van der Waals surface area (Å²) < 4.78 is 12.7. The van der Waals surface area contributed by atoms with E-state index in [0.717, 1.165) is 11.4 Å². The Kier molecular flexibility index (Phi) is 3.23. The van der Waals surface area contributed by atoms with E-state index in [1.54, 1.807) is 30.3 Å². The van der Waals surface area contributed by atoms with Gasteiger partial charge in [-0.15, -0.1) is 0 Å². The third-order valence-electron chi connectivity index (χ3n) is 2.44. The zero-order valence-corrected chi connectivity index (χ0v) is 9.39. The molecule has 0 amide bonds. The minimum absolute atomic E-state index is 0.0276. The van der Waals surface area contributed by atoms with Gasteiger partial charge in [0.05, 0.1) is 17.9 Å². The van der Waals surface area contributed by atoms with Crippen molar-refractivity contribution in [2.75, 3.05) is 5.32 Å². The van der Waals surface area contributed by atoms with Gasteiger partial charge in [-0.05, 0) is 43.3 Å². The van der Waals surface area contributed by atoms with Gasteiger partial charge in [-0.1, -0.05) is 0 Å². The van der Waals surface area contributed by atoms with Crippen molar-refractivity contribution in [3.63, 3.8) is 0 Å².